The van der Waals surface area contributed by atoms with Gasteiger partial charge in [0, 0.05) is 5.39 Å². The van der Waals surface area contributed by atoms with Gasteiger partial charge in [-0.25, -0.2) is 0 Å². The van der Waals surface area contributed by atoms with Gasteiger partial charge in [-0.1, -0.05) is 99.7 Å². The molecule has 27 heavy (non-hydrogen) atoms. The van der Waals surface area contributed by atoms with E-state index in [1.165, 1.54) is 21.1 Å². The average Bonchev–Trinajstić information content (AvgIpc) is 2.61. The van der Waals surface area contributed by atoms with E-state index in [-0.39, 0.29) is 5.04 Å². The molecule has 0 spiro atoms. The molecule has 0 radical (unpaired) electrons. The normalized spacial score (nSPS) is 13.0. The molecular weight excluding hydrogens is 360 g/mol. The summed E-state index contributed by atoms with van der Waals surface area (Å²) in [6.45, 7) is 16.4. The first kappa shape index (κ1) is 19.9. The molecular formula is C24H32OSi2. The van der Waals surface area contributed by atoms with Crippen molar-refractivity contribution in [2.45, 2.75) is 52.0 Å². The van der Waals surface area contributed by atoms with Crippen molar-refractivity contribution >= 4 is 37.5 Å². The summed E-state index contributed by atoms with van der Waals surface area (Å²) in [4.78, 5) is 0. The highest BCUT2D eigenvalue weighted by molar-refractivity contribution is 7.01. The first-order chi connectivity index (χ1) is 12.5. The largest absolute Gasteiger partial charge is 0.543 e. The molecule has 0 aromatic heterocycles. The summed E-state index contributed by atoms with van der Waals surface area (Å²) < 4.78 is 6.71. The van der Waals surface area contributed by atoms with Crippen LogP contribution in [0.25, 0.3) is 10.8 Å². The van der Waals surface area contributed by atoms with Crippen molar-refractivity contribution in [1.82, 2.24) is 0 Å². The van der Waals surface area contributed by atoms with Crippen molar-refractivity contribution in [3.8, 4) is 5.75 Å². The third kappa shape index (κ3) is 3.76. The van der Waals surface area contributed by atoms with Gasteiger partial charge in [-0.2, -0.15) is 0 Å². The van der Waals surface area contributed by atoms with E-state index in [0.29, 0.717) is 0 Å². The molecule has 0 fully saturated rings. The molecule has 142 valence electrons. The highest BCUT2D eigenvalue weighted by atomic mass is 28.4. The smallest absolute Gasteiger partial charge is 0.250 e. The second-order valence-corrected chi connectivity index (χ2v) is 18.6. The van der Waals surface area contributed by atoms with E-state index >= 15 is 0 Å². The predicted molar refractivity (Wildman–Crippen MR) is 125 cm³/mol. The Balaban J connectivity index is 2.15. The monoisotopic (exact) mass is 392 g/mol. The summed E-state index contributed by atoms with van der Waals surface area (Å²) in [5.41, 5.74) is 0. The molecule has 0 saturated carbocycles. The van der Waals surface area contributed by atoms with Gasteiger partial charge in [0.2, 0.25) is 0 Å². The summed E-state index contributed by atoms with van der Waals surface area (Å²) in [7, 11) is -3.66. The van der Waals surface area contributed by atoms with Crippen LogP contribution in [-0.2, 0) is 0 Å². The predicted octanol–water partition coefficient (Wildman–Crippen LogP) is 6.05. The number of benzene rings is 3. The van der Waals surface area contributed by atoms with Crippen LogP contribution in [-0.4, -0.2) is 16.4 Å². The number of hydrogen-bond donors (Lipinski definition) is 0. The van der Waals surface area contributed by atoms with Crippen molar-refractivity contribution in [3.63, 3.8) is 0 Å². The molecule has 3 heteroatoms. The molecule has 1 nitrogen and oxygen atoms in total. The zero-order chi connectivity index (χ0) is 19.9. The second kappa shape index (κ2) is 6.95. The Kier molecular flexibility index (Phi) is 5.13. The fourth-order valence-electron chi connectivity index (χ4n) is 3.34. The minimum atomic E-state index is -1.88. The third-order valence-corrected chi connectivity index (χ3v) is 14.1. The van der Waals surface area contributed by atoms with Gasteiger partial charge in [0.05, 0.1) is 0 Å². The first-order valence-corrected chi connectivity index (χ1v) is 15.7. The zero-order valence-corrected chi connectivity index (χ0v) is 19.8. The summed E-state index contributed by atoms with van der Waals surface area (Å²) >= 11 is 0. The van der Waals surface area contributed by atoms with E-state index in [9.17, 15) is 0 Å². The van der Waals surface area contributed by atoms with Crippen molar-refractivity contribution in [1.29, 1.82) is 0 Å². The molecule has 0 bridgehead atoms. The van der Waals surface area contributed by atoms with Crippen LogP contribution < -0.4 is 14.8 Å². The van der Waals surface area contributed by atoms with Crippen LogP contribution in [0.4, 0.5) is 0 Å². The van der Waals surface area contributed by atoms with Gasteiger partial charge in [-0.3, -0.25) is 0 Å². The quantitative estimate of drug-likeness (QED) is 0.491. The lowest BCUT2D eigenvalue weighted by Crippen LogP contribution is -2.53. The van der Waals surface area contributed by atoms with Crippen molar-refractivity contribution in [2.24, 2.45) is 0 Å². The maximum atomic E-state index is 6.71. The summed E-state index contributed by atoms with van der Waals surface area (Å²) in [6.07, 6.45) is 0. The van der Waals surface area contributed by atoms with Crippen molar-refractivity contribution < 1.29 is 4.43 Å². The lowest BCUT2D eigenvalue weighted by Gasteiger charge is -2.37. The molecule has 0 aliphatic carbocycles. The van der Waals surface area contributed by atoms with Crippen LogP contribution in [0.1, 0.15) is 20.8 Å². The van der Waals surface area contributed by atoms with Gasteiger partial charge in [0.15, 0.2) is 0 Å². The van der Waals surface area contributed by atoms with Crippen LogP contribution in [0, 0.1) is 0 Å². The Morgan fingerprint density at radius 1 is 0.667 bits per heavy atom. The second-order valence-electron chi connectivity index (χ2n) is 9.51. The molecule has 0 saturated heterocycles. The molecule has 3 aromatic rings. The Morgan fingerprint density at radius 2 is 1.22 bits per heavy atom. The highest BCUT2D eigenvalue weighted by Crippen LogP contribution is 2.39. The lowest BCUT2D eigenvalue weighted by atomic mass is 10.1. The molecule has 0 amide bonds. The SMILES string of the molecule is CC(C)(C)[Si](C)(C)Oc1ccc([Si](C)(C)c2ccccc2)c2ccccc12. The molecule has 0 heterocycles. The van der Waals surface area contributed by atoms with E-state index in [1.54, 1.807) is 0 Å². The lowest BCUT2D eigenvalue weighted by molar-refractivity contribution is 0.496. The molecule has 0 N–H and O–H groups in total. The molecule has 0 aliphatic rings. The van der Waals surface area contributed by atoms with Crippen LogP contribution in [0.2, 0.25) is 31.2 Å². The van der Waals surface area contributed by atoms with E-state index in [1.807, 2.05) is 0 Å². The van der Waals surface area contributed by atoms with Gasteiger partial charge >= 0.3 is 0 Å². The Bertz CT molecular complexity index is 938. The molecule has 0 unspecified atom stereocenters. The van der Waals surface area contributed by atoms with E-state index in [4.69, 9.17) is 4.43 Å². The van der Waals surface area contributed by atoms with Crippen molar-refractivity contribution in [2.75, 3.05) is 0 Å². The van der Waals surface area contributed by atoms with Gasteiger partial charge in [-0.15, -0.1) is 0 Å². The Labute approximate surface area is 166 Å². The Hall–Kier alpha value is -1.85. The maximum Gasteiger partial charge on any atom is 0.250 e. The first-order valence-electron chi connectivity index (χ1n) is 9.81. The molecule has 0 aliphatic heterocycles. The Morgan fingerprint density at radius 3 is 1.81 bits per heavy atom. The summed E-state index contributed by atoms with van der Waals surface area (Å²) in [5.74, 6) is 1.04. The summed E-state index contributed by atoms with van der Waals surface area (Å²) in [6, 6.07) is 24.3. The number of hydrogen-bond acceptors (Lipinski definition) is 1. The highest BCUT2D eigenvalue weighted by Gasteiger charge is 2.39. The molecule has 3 rings (SSSR count). The fraction of sp³-hybridized carbons (Fsp3) is 0.333. The van der Waals surface area contributed by atoms with Crippen LogP contribution in [0.3, 0.4) is 0 Å². The topological polar surface area (TPSA) is 9.23 Å². The minimum absolute atomic E-state index is 0.185. The van der Waals surface area contributed by atoms with Gasteiger partial charge in [0.25, 0.3) is 8.32 Å². The van der Waals surface area contributed by atoms with E-state index in [0.717, 1.165) is 5.75 Å². The summed E-state index contributed by atoms with van der Waals surface area (Å²) in [5, 5.41) is 5.72. The van der Waals surface area contributed by atoms with Gasteiger partial charge in [0.1, 0.15) is 13.8 Å². The number of rotatable bonds is 4. The van der Waals surface area contributed by atoms with E-state index < -0.39 is 16.4 Å². The van der Waals surface area contributed by atoms with Crippen molar-refractivity contribution in [3.05, 3.63) is 66.7 Å². The van der Waals surface area contributed by atoms with Gasteiger partial charge < -0.3 is 4.43 Å². The van der Waals surface area contributed by atoms with Crippen LogP contribution >= 0.6 is 0 Å². The number of fused-ring (bicyclic) bond motifs is 1. The van der Waals surface area contributed by atoms with Crippen LogP contribution in [0.5, 0.6) is 5.75 Å². The zero-order valence-electron chi connectivity index (χ0n) is 17.8. The standard InChI is InChI=1S/C24H32OSi2/c1-24(2,3)27(6,7)25-22-17-18-23(21-16-12-11-15-20(21)22)26(4,5)19-13-9-8-10-14-19/h8-18H,1-7H3. The van der Waals surface area contributed by atoms with Gasteiger partial charge in [-0.05, 0) is 34.8 Å². The van der Waals surface area contributed by atoms with Crippen LogP contribution in [0.15, 0.2) is 66.7 Å². The fourth-order valence-corrected chi connectivity index (χ4v) is 7.11. The molecule has 0 atom stereocenters. The van der Waals surface area contributed by atoms with E-state index in [2.05, 4.69) is 114 Å². The minimum Gasteiger partial charge on any atom is -0.543 e. The third-order valence-electron chi connectivity index (χ3n) is 6.22. The molecule has 3 aromatic carbocycles. The average molecular weight is 393 g/mol. The maximum absolute atomic E-state index is 6.71.